The van der Waals surface area contributed by atoms with Crippen molar-refractivity contribution >= 4 is 12.0 Å². The van der Waals surface area contributed by atoms with Crippen molar-refractivity contribution in [1.82, 2.24) is 15.6 Å². The highest BCUT2D eigenvalue weighted by atomic mass is 16.4. The third kappa shape index (κ3) is 5.81. The zero-order valence-corrected chi connectivity index (χ0v) is 12.9. The van der Waals surface area contributed by atoms with E-state index in [1.807, 2.05) is 39.8 Å². The maximum atomic E-state index is 11.9. The summed E-state index contributed by atoms with van der Waals surface area (Å²) in [4.78, 5) is 27.0. The third-order valence-corrected chi connectivity index (χ3v) is 3.26. The molecule has 6 nitrogen and oxygen atoms in total. The summed E-state index contributed by atoms with van der Waals surface area (Å²) in [5, 5.41) is 14.4. The molecule has 1 aromatic rings. The Morgan fingerprint density at radius 2 is 2.05 bits per heavy atom. The highest BCUT2D eigenvalue weighted by Crippen LogP contribution is 2.21. The van der Waals surface area contributed by atoms with E-state index in [1.165, 1.54) is 0 Å². The smallest absolute Gasteiger partial charge is 0.315 e. The van der Waals surface area contributed by atoms with Crippen LogP contribution >= 0.6 is 0 Å². The predicted molar refractivity (Wildman–Crippen MR) is 79.8 cm³/mol. The lowest BCUT2D eigenvalue weighted by molar-refractivity contribution is -0.138. The molecule has 1 atom stereocenters. The average Bonchev–Trinajstić information content (AvgIpc) is 2.35. The van der Waals surface area contributed by atoms with Crippen LogP contribution in [0.4, 0.5) is 4.79 Å². The van der Waals surface area contributed by atoms with Crippen molar-refractivity contribution < 1.29 is 14.7 Å². The van der Waals surface area contributed by atoms with Crippen molar-refractivity contribution in [2.24, 2.45) is 5.41 Å². The van der Waals surface area contributed by atoms with Crippen LogP contribution in [-0.4, -0.2) is 28.1 Å². The fraction of sp³-hybridized carbons (Fsp3) is 0.533. The maximum Gasteiger partial charge on any atom is 0.315 e. The average molecular weight is 293 g/mol. The number of hydrogen-bond acceptors (Lipinski definition) is 3. The number of urea groups is 1. The van der Waals surface area contributed by atoms with Crippen molar-refractivity contribution in [1.29, 1.82) is 0 Å². The Hall–Kier alpha value is -2.11. The molecular weight excluding hydrogens is 270 g/mol. The van der Waals surface area contributed by atoms with Crippen molar-refractivity contribution in [2.75, 3.05) is 0 Å². The SMILES string of the molecule is Cc1cccnc1CNC(=O)NC(CC(=O)O)C(C)(C)C. The number of aliphatic carboxylic acids is 1. The van der Waals surface area contributed by atoms with E-state index in [1.54, 1.807) is 6.20 Å². The zero-order valence-electron chi connectivity index (χ0n) is 12.9. The summed E-state index contributed by atoms with van der Waals surface area (Å²) < 4.78 is 0. The van der Waals surface area contributed by atoms with E-state index in [0.717, 1.165) is 11.3 Å². The molecule has 1 aromatic heterocycles. The fourth-order valence-electron chi connectivity index (χ4n) is 1.83. The van der Waals surface area contributed by atoms with Gasteiger partial charge in [0.05, 0.1) is 18.7 Å². The van der Waals surface area contributed by atoms with Gasteiger partial charge in [-0.3, -0.25) is 9.78 Å². The number of carbonyl (C=O) groups is 2. The van der Waals surface area contributed by atoms with Gasteiger partial charge in [-0.25, -0.2) is 4.79 Å². The highest BCUT2D eigenvalue weighted by Gasteiger charge is 2.28. The molecule has 0 aliphatic heterocycles. The van der Waals surface area contributed by atoms with Gasteiger partial charge in [-0.15, -0.1) is 0 Å². The number of carboxylic acid groups (broad SMARTS) is 1. The second-order valence-electron chi connectivity index (χ2n) is 6.11. The Morgan fingerprint density at radius 1 is 1.38 bits per heavy atom. The van der Waals surface area contributed by atoms with Gasteiger partial charge < -0.3 is 15.7 Å². The first-order valence-electron chi connectivity index (χ1n) is 6.87. The molecular formula is C15H23N3O3. The van der Waals surface area contributed by atoms with Crippen LogP contribution in [-0.2, 0) is 11.3 Å². The van der Waals surface area contributed by atoms with E-state index in [4.69, 9.17) is 5.11 Å². The third-order valence-electron chi connectivity index (χ3n) is 3.26. The molecule has 1 heterocycles. The number of hydrogen-bond donors (Lipinski definition) is 3. The molecule has 6 heteroatoms. The van der Waals surface area contributed by atoms with E-state index in [9.17, 15) is 9.59 Å². The Kier molecular flexibility index (Phi) is 5.69. The summed E-state index contributed by atoms with van der Waals surface area (Å²) >= 11 is 0. The summed E-state index contributed by atoms with van der Waals surface area (Å²) in [6, 6.07) is 2.92. The van der Waals surface area contributed by atoms with Crippen LogP contribution in [0.1, 0.15) is 38.4 Å². The first-order chi connectivity index (χ1) is 9.70. The molecule has 21 heavy (non-hydrogen) atoms. The van der Waals surface area contributed by atoms with E-state index >= 15 is 0 Å². The number of carbonyl (C=O) groups excluding carboxylic acids is 1. The second kappa shape index (κ2) is 7.06. The van der Waals surface area contributed by atoms with Gasteiger partial charge in [0.2, 0.25) is 0 Å². The molecule has 0 bridgehead atoms. The molecule has 0 saturated heterocycles. The molecule has 2 amide bonds. The van der Waals surface area contributed by atoms with Crippen molar-refractivity contribution in [3.05, 3.63) is 29.6 Å². The number of rotatable bonds is 5. The molecule has 0 aliphatic rings. The molecule has 1 unspecified atom stereocenters. The molecule has 116 valence electrons. The summed E-state index contributed by atoms with van der Waals surface area (Å²) in [6.07, 6.45) is 1.56. The topological polar surface area (TPSA) is 91.3 Å². The molecule has 3 N–H and O–H groups in total. The molecule has 0 aliphatic carbocycles. The Balaban J connectivity index is 2.58. The number of nitrogens with zero attached hydrogens (tertiary/aromatic N) is 1. The number of carboxylic acids is 1. The minimum atomic E-state index is -0.934. The van der Waals surface area contributed by atoms with Gasteiger partial charge >= 0.3 is 12.0 Å². The lowest BCUT2D eigenvalue weighted by Crippen LogP contribution is -2.48. The molecule has 1 rings (SSSR count). The van der Waals surface area contributed by atoms with Gasteiger partial charge in [0.1, 0.15) is 0 Å². The van der Waals surface area contributed by atoms with E-state index in [-0.39, 0.29) is 17.9 Å². The number of pyridine rings is 1. The second-order valence-corrected chi connectivity index (χ2v) is 6.11. The molecule has 0 spiro atoms. The fourth-order valence-corrected chi connectivity index (χ4v) is 1.83. The van der Waals surface area contributed by atoms with Crippen LogP contribution in [0, 0.1) is 12.3 Å². The van der Waals surface area contributed by atoms with Crippen LogP contribution in [0.3, 0.4) is 0 Å². The first kappa shape index (κ1) is 16.9. The molecule has 0 radical (unpaired) electrons. The maximum absolute atomic E-state index is 11.9. The van der Waals surface area contributed by atoms with Crippen LogP contribution in [0.15, 0.2) is 18.3 Å². The number of aryl methyl sites for hydroxylation is 1. The Labute approximate surface area is 125 Å². The number of aromatic nitrogens is 1. The normalized spacial score (nSPS) is 12.6. The molecule has 0 saturated carbocycles. The Morgan fingerprint density at radius 3 is 2.57 bits per heavy atom. The highest BCUT2D eigenvalue weighted by molar-refractivity contribution is 5.75. The van der Waals surface area contributed by atoms with Gasteiger partial charge in [-0.1, -0.05) is 26.8 Å². The monoisotopic (exact) mass is 293 g/mol. The molecule has 0 fully saturated rings. The van der Waals surface area contributed by atoms with E-state index < -0.39 is 12.0 Å². The summed E-state index contributed by atoms with van der Waals surface area (Å²) in [5.74, 6) is -0.934. The van der Waals surface area contributed by atoms with Gasteiger partial charge in [0.25, 0.3) is 0 Å². The van der Waals surface area contributed by atoms with Gasteiger partial charge in [0, 0.05) is 12.2 Å². The summed E-state index contributed by atoms with van der Waals surface area (Å²) in [5.41, 5.74) is 1.45. The minimum Gasteiger partial charge on any atom is -0.481 e. The van der Waals surface area contributed by atoms with Crippen LogP contribution in [0.25, 0.3) is 0 Å². The largest absolute Gasteiger partial charge is 0.481 e. The Bertz CT molecular complexity index is 509. The number of amides is 2. The van der Waals surface area contributed by atoms with Crippen molar-refractivity contribution in [2.45, 2.75) is 46.7 Å². The van der Waals surface area contributed by atoms with Crippen LogP contribution in [0.2, 0.25) is 0 Å². The number of nitrogens with one attached hydrogen (secondary N) is 2. The van der Waals surface area contributed by atoms with Gasteiger partial charge in [-0.05, 0) is 24.0 Å². The lowest BCUT2D eigenvalue weighted by Gasteiger charge is -2.30. The van der Waals surface area contributed by atoms with E-state index in [0.29, 0.717) is 6.54 Å². The minimum absolute atomic E-state index is 0.112. The van der Waals surface area contributed by atoms with Crippen molar-refractivity contribution in [3.8, 4) is 0 Å². The zero-order chi connectivity index (χ0) is 16.0. The predicted octanol–water partition coefficient (Wildman–Crippen LogP) is 2.08. The standard InChI is InChI=1S/C15H23N3O3/c1-10-6-5-7-16-11(10)9-17-14(21)18-12(8-13(19)20)15(2,3)4/h5-7,12H,8-9H2,1-4H3,(H,19,20)(H2,17,18,21). The quantitative estimate of drug-likeness (QED) is 0.775. The van der Waals surface area contributed by atoms with Crippen LogP contribution in [0.5, 0.6) is 0 Å². The summed E-state index contributed by atoms with van der Waals surface area (Å²) in [6.45, 7) is 7.91. The lowest BCUT2D eigenvalue weighted by atomic mass is 9.85. The van der Waals surface area contributed by atoms with Gasteiger partial charge in [0.15, 0.2) is 0 Å². The van der Waals surface area contributed by atoms with E-state index in [2.05, 4.69) is 15.6 Å². The van der Waals surface area contributed by atoms with Crippen LogP contribution < -0.4 is 10.6 Å². The van der Waals surface area contributed by atoms with Crippen molar-refractivity contribution in [3.63, 3.8) is 0 Å². The summed E-state index contributed by atoms with van der Waals surface area (Å²) in [7, 11) is 0. The first-order valence-corrected chi connectivity index (χ1v) is 6.87. The molecule has 0 aromatic carbocycles. The van der Waals surface area contributed by atoms with Gasteiger partial charge in [-0.2, -0.15) is 0 Å².